The van der Waals surface area contributed by atoms with Crippen LogP contribution in [0.25, 0.3) is 11.1 Å². The SMILES string of the molecule is CC(C)(C)OC(=O)c1ccc(-c2ccc(C(=O)OC(C)(C)C)nc2)cn1. The van der Waals surface area contributed by atoms with Gasteiger partial charge in [-0.25, -0.2) is 19.6 Å². The number of esters is 2. The molecule has 0 spiro atoms. The third-order valence-corrected chi connectivity index (χ3v) is 3.08. The van der Waals surface area contributed by atoms with Gasteiger partial charge in [0.2, 0.25) is 0 Å². The molecular weight excluding hydrogens is 332 g/mol. The number of nitrogens with zero attached hydrogens (tertiary/aromatic N) is 2. The zero-order valence-electron chi connectivity index (χ0n) is 16.0. The number of aromatic nitrogens is 2. The lowest BCUT2D eigenvalue weighted by Gasteiger charge is -2.19. The second-order valence-electron chi connectivity index (χ2n) is 7.87. The van der Waals surface area contributed by atoms with Crippen molar-refractivity contribution < 1.29 is 19.1 Å². The van der Waals surface area contributed by atoms with Crippen molar-refractivity contribution in [3.8, 4) is 11.1 Å². The first-order chi connectivity index (χ1) is 11.9. The smallest absolute Gasteiger partial charge is 0.357 e. The van der Waals surface area contributed by atoms with Crippen LogP contribution < -0.4 is 0 Å². The molecule has 0 saturated heterocycles. The number of carbonyl (C=O) groups excluding carboxylic acids is 2. The fourth-order valence-corrected chi connectivity index (χ4v) is 2.03. The third-order valence-electron chi connectivity index (χ3n) is 3.08. The monoisotopic (exact) mass is 356 g/mol. The Bertz CT molecular complexity index is 713. The summed E-state index contributed by atoms with van der Waals surface area (Å²) in [5.74, 6) is -0.940. The molecule has 0 saturated carbocycles. The molecule has 2 aromatic heterocycles. The minimum Gasteiger partial charge on any atom is -0.455 e. The zero-order chi connectivity index (χ0) is 19.5. The minimum atomic E-state index is -0.571. The highest BCUT2D eigenvalue weighted by Crippen LogP contribution is 2.20. The van der Waals surface area contributed by atoms with Crippen molar-refractivity contribution in [2.24, 2.45) is 0 Å². The number of hydrogen-bond donors (Lipinski definition) is 0. The Morgan fingerprint density at radius 3 is 1.27 bits per heavy atom. The predicted molar refractivity (Wildman–Crippen MR) is 97.8 cm³/mol. The molecular formula is C20H24N2O4. The Kier molecular flexibility index (Phi) is 5.44. The van der Waals surface area contributed by atoms with Gasteiger partial charge in [0.1, 0.15) is 22.6 Å². The average Bonchev–Trinajstić information content (AvgIpc) is 2.52. The molecule has 0 unspecified atom stereocenters. The summed E-state index contributed by atoms with van der Waals surface area (Å²) in [4.78, 5) is 32.3. The van der Waals surface area contributed by atoms with Gasteiger partial charge >= 0.3 is 11.9 Å². The van der Waals surface area contributed by atoms with Gasteiger partial charge in [-0.1, -0.05) is 12.1 Å². The fourth-order valence-electron chi connectivity index (χ4n) is 2.03. The van der Waals surface area contributed by atoms with Crippen LogP contribution in [0.2, 0.25) is 0 Å². The molecule has 0 aromatic carbocycles. The van der Waals surface area contributed by atoms with Gasteiger partial charge in [0.25, 0.3) is 0 Å². The topological polar surface area (TPSA) is 78.4 Å². The van der Waals surface area contributed by atoms with Crippen molar-refractivity contribution in [3.05, 3.63) is 48.0 Å². The van der Waals surface area contributed by atoms with Crippen molar-refractivity contribution in [2.45, 2.75) is 52.7 Å². The Hall–Kier alpha value is -2.76. The summed E-state index contributed by atoms with van der Waals surface area (Å²) >= 11 is 0. The maximum atomic E-state index is 12.0. The van der Waals surface area contributed by atoms with Gasteiger partial charge in [-0.2, -0.15) is 0 Å². The lowest BCUT2D eigenvalue weighted by atomic mass is 10.1. The van der Waals surface area contributed by atoms with Crippen LogP contribution in [0.1, 0.15) is 62.5 Å². The minimum absolute atomic E-state index is 0.238. The lowest BCUT2D eigenvalue weighted by molar-refractivity contribution is 0.00504. The van der Waals surface area contributed by atoms with Crippen LogP contribution in [-0.4, -0.2) is 33.1 Å². The van der Waals surface area contributed by atoms with E-state index in [0.717, 1.165) is 11.1 Å². The molecule has 2 heterocycles. The van der Waals surface area contributed by atoms with E-state index in [1.54, 1.807) is 78.2 Å². The molecule has 138 valence electrons. The van der Waals surface area contributed by atoms with Crippen molar-refractivity contribution in [1.82, 2.24) is 9.97 Å². The van der Waals surface area contributed by atoms with Crippen molar-refractivity contribution >= 4 is 11.9 Å². The first-order valence-electron chi connectivity index (χ1n) is 8.34. The fraction of sp³-hybridized carbons (Fsp3) is 0.400. The number of carbonyl (C=O) groups is 2. The Labute approximate surface area is 153 Å². The average molecular weight is 356 g/mol. The molecule has 0 bridgehead atoms. The Morgan fingerprint density at radius 2 is 1.04 bits per heavy atom. The van der Waals surface area contributed by atoms with E-state index in [1.807, 2.05) is 0 Å². The van der Waals surface area contributed by atoms with Crippen LogP contribution in [0.4, 0.5) is 0 Å². The van der Waals surface area contributed by atoms with Gasteiger partial charge in [-0.05, 0) is 53.7 Å². The highest BCUT2D eigenvalue weighted by Gasteiger charge is 2.20. The summed E-state index contributed by atoms with van der Waals surface area (Å²) in [6, 6.07) is 6.73. The quantitative estimate of drug-likeness (QED) is 0.772. The molecule has 0 amide bonds. The molecule has 2 rings (SSSR count). The van der Waals surface area contributed by atoms with E-state index in [2.05, 4.69) is 9.97 Å². The molecule has 0 aliphatic rings. The predicted octanol–water partition coefficient (Wildman–Crippen LogP) is 4.05. The van der Waals surface area contributed by atoms with Gasteiger partial charge in [-0.15, -0.1) is 0 Å². The van der Waals surface area contributed by atoms with Gasteiger partial charge in [0.15, 0.2) is 0 Å². The van der Waals surface area contributed by atoms with Crippen LogP contribution in [0.5, 0.6) is 0 Å². The summed E-state index contributed by atoms with van der Waals surface area (Å²) in [7, 11) is 0. The molecule has 0 aliphatic heterocycles. The molecule has 0 aliphatic carbocycles. The van der Waals surface area contributed by atoms with E-state index in [0.29, 0.717) is 0 Å². The molecule has 6 heteroatoms. The van der Waals surface area contributed by atoms with E-state index in [9.17, 15) is 9.59 Å². The van der Waals surface area contributed by atoms with Crippen molar-refractivity contribution in [1.29, 1.82) is 0 Å². The summed E-state index contributed by atoms with van der Waals surface area (Å²) < 4.78 is 10.6. The zero-order valence-corrected chi connectivity index (χ0v) is 16.0. The standard InChI is InChI=1S/C20H24N2O4/c1-19(2,3)25-17(23)15-9-7-13(11-21-15)14-8-10-16(22-12-14)18(24)26-20(4,5)6/h7-12H,1-6H3. The van der Waals surface area contributed by atoms with E-state index < -0.39 is 23.1 Å². The highest BCUT2D eigenvalue weighted by molar-refractivity contribution is 5.89. The number of pyridine rings is 2. The van der Waals surface area contributed by atoms with Gasteiger partial charge < -0.3 is 9.47 Å². The molecule has 0 radical (unpaired) electrons. The molecule has 26 heavy (non-hydrogen) atoms. The van der Waals surface area contributed by atoms with Crippen LogP contribution >= 0.6 is 0 Å². The second-order valence-corrected chi connectivity index (χ2v) is 7.87. The Morgan fingerprint density at radius 1 is 0.692 bits per heavy atom. The largest absolute Gasteiger partial charge is 0.455 e. The first kappa shape index (κ1) is 19.6. The lowest BCUT2D eigenvalue weighted by Crippen LogP contribution is -2.24. The van der Waals surface area contributed by atoms with Crippen LogP contribution in [-0.2, 0) is 9.47 Å². The van der Waals surface area contributed by atoms with Crippen LogP contribution in [0.15, 0.2) is 36.7 Å². The van der Waals surface area contributed by atoms with Crippen molar-refractivity contribution in [2.75, 3.05) is 0 Å². The second kappa shape index (κ2) is 7.23. The summed E-state index contributed by atoms with van der Waals surface area (Å²) in [6.45, 7) is 10.8. The normalized spacial score (nSPS) is 11.8. The van der Waals surface area contributed by atoms with Gasteiger partial charge in [0, 0.05) is 23.5 Å². The number of ether oxygens (including phenoxy) is 2. The Balaban J connectivity index is 2.12. The third kappa shape index (κ3) is 5.65. The molecule has 0 atom stereocenters. The molecule has 6 nitrogen and oxygen atoms in total. The maximum absolute atomic E-state index is 12.0. The summed E-state index contributed by atoms with van der Waals surface area (Å²) in [5, 5.41) is 0. The molecule has 2 aromatic rings. The summed E-state index contributed by atoms with van der Waals surface area (Å²) in [5.41, 5.74) is 0.891. The highest BCUT2D eigenvalue weighted by atomic mass is 16.6. The number of hydrogen-bond acceptors (Lipinski definition) is 6. The molecule has 0 fully saturated rings. The maximum Gasteiger partial charge on any atom is 0.357 e. The number of rotatable bonds is 3. The van der Waals surface area contributed by atoms with E-state index in [1.165, 1.54) is 0 Å². The van der Waals surface area contributed by atoms with E-state index >= 15 is 0 Å². The van der Waals surface area contributed by atoms with Gasteiger partial charge in [0.05, 0.1) is 0 Å². The van der Waals surface area contributed by atoms with Crippen LogP contribution in [0.3, 0.4) is 0 Å². The molecule has 0 N–H and O–H groups in total. The van der Waals surface area contributed by atoms with Gasteiger partial charge in [-0.3, -0.25) is 0 Å². The van der Waals surface area contributed by atoms with Crippen LogP contribution in [0, 0.1) is 0 Å². The first-order valence-corrected chi connectivity index (χ1v) is 8.34. The van der Waals surface area contributed by atoms with E-state index in [-0.39, 0.29) is 11.4 Å². The van der Waals surface area contributed by atoms with Crippen molar-refractivity contribution in [3.63, 3.8) is 0 Å². The van der Waals surface area contributed by atoms with E-state index in [4.69, 9.17) is 9.47 Å². The summed E-state index contributed by atoms with van der Waals surface area (Å²) in [6.07, 6.45) is 3.15.